The number of hydrogen-bond donors (Lipinski definition) is 1. The van der Waals surface area contributed by atoms with Crippen molar-refractivity contribution in [3.05, 3.63) is 63.9 Å². The number of nitrogens with zero attached hydrogens (tertiary/aromatic N) is 1. The van der Waals surface area contributed by atoms with Crippen LogP contribution >= 0.6 is 11.6 Å². The van der Waals surface area contributed by atoms with Gasteiger partial charge in [-0.05, 0) is 29.8 Å². The summed E-state index contributed by atoms with van der Waals surface area (Å²) in [5.41, 5.74) is 1.17. The molecule has 0 fully saturated rings. The number of ether oxygens (including phenoxy) is 2. The van der Waals surface area contributed by atoms with Crippen LogP contribution in [0.2, 0.25) is 5.02 Å². The van der Waals surface area contributed by atoms with Gasteiger partial charge in [-0.25, -0.2) is 4.39 Å². The number of benzene rings is 2. The van der Waals surface area contributed by atoms with Crippen LogP contribution in [0.5, 0.6) is 5.75 Å². The monoisotopic (exact) mass is 362 g/mol. The molecular formula is C18H16ClFN2O3. The molecule has 0 bridgehead atoms. The van der Waals surface area contributed by atoms with Gasteiger partial charge < -0.3 is 14.8 Å². The van der Waals surface area contributed by atoms with Crippen LogP contribution in [-0.2, 0) is 16.1 Å². The summed E-state index contributed by atoms with van der Waals surface area (Å²) in [7, 11) is 2.75. The van der Waals surface area contributed by atoms with Crippen LogP contribution in [0.25, 0.3) is 0 Å². The fourth-order valence-corrected chi connectivity index (χ4v) is 2.51. The van der Waals surface area contributed by atoms with E-state index in [-0.39, 0.29) is 12.1 Å². The quantitative estimate of drug-likeness (QED) is 0.855. The van der Waals surface area contributed by atoms with Gasteiger partial charge in [0.2, 0.25) is 0 Å². The van der Waals surface area contributed by atoms with Gasteiger partial charge in [-0.15, -0.1) is 0 Å². The molecule has 0 saturated carbocycles. The van der Waals surface area contributed by atoms with E-state index in [0.29, 0.717) is 21.9 Å². The number of carbonyl (C=O) groups is 1. The topological polar surface area (TPSA) is 71.3 Å². The van der Waals surface area contributed by atoms with Crippen LogP contribution in [0.4, 0.5) is 4.39 Å². The highest BCUT2D eigenvalue weighted by molar-refractivity contribution is 6.31. The zero-order chi connectivity index (χ0) is 18.4. The minimum atomic E-state index is -1.11. The first-order chi connectivity index (χ1) is 12.0. The van der Waals surface area contributed by atoms with Gasteiger partial charge in [0.15, 0.2) is 6.10 Å². The van der Waals surface area contributed by atoms with E-state index in [1.165, 1.54) is 32.4 Å². The minimum absolute atomic E-state index is 0.103. The Hall–Kier alpha value is -2.62. The van der Waals surface area contributed by atoms with Gasteiger partial charge in [0.1, 0.15) is 11.6 Å². The number of hydrogen-bond acceptors (Lipinski definition) is 4. The molecule has 7 heteroatoms. The number of halogens is 2. The molecule has 0 radical (unpaired) electrons. The molecule has 1 N–H and O–H groups in total. The fraction of sp³-hybridized carbons (Fsp3) is 0.222. The summed E-state index contributed by atoms with van der Waals surface area (Å²) < 4.78 is 24.2. The van der Waals surface area contributed by atoms with Crippen LogP contribution in [0, 0.1) is 17.1 Å². The van der Waals surface area contributed by atoms with Crippen molar-refractivity contribution in [3.8, 4) is 11.8 Å². The Morgan fingerprint density at radius 1 is 1.32 bits per heavy atom. The second kappa shape index (κ2) is 8.47. The molecule has 130 valence electrons. The molecule has 0 saturated heterocycles. The van der Waals surface area contributed by atoms with Crippen LogP contribution in [0.3, 0.4) is 0 Å². The number of amides is 1. The molecule has 5 nitrogen and oxygen atoms in total. The summed E-state index contributed by atoms with van der Waals surface area (Å²) in [6, 6.07) is 10.9. The molecular weight excluding hydrogens is 347 g/mol. The zero-order valence-electron chi connectivity index (χ0n) is 13.7. The summed E-state index contributed by atoms with van der Waals surface area (Å²) in [5, 5.41) is 11.8. The average Bonchev–Trinajstić information content (AvgIpc) is 2.62. The molecule has 0 heterocycles. The molecule has 0 aliphatic heterocycles. The highest BCUT2D eigenvalue weighted by Gasteiger charge is 2.23. The first-order valence-corrected chi connectivity index (χ1v) is 7.70. The number of rotatable bonds is 6. The Kier molecular flexibility index (Phi) is 6.34. The normalized spacial score (nSPS) is 11.5. The minimum Gasteiger partial charge on any atom is -0.497 e. The smallest absolute Gasteiger partial charge is 0.254 e. The fourth-order valence-electron chi connectivity index (χ4n) is 2.26. The van der Waals surface area contributed by atoms with E-state index in [9.17, 15) is 9.18 Å². The summed E-state index contributed by atoms with van der Waals surface area (Å²) in [5.74, 6) is -0.759. The molecule has 0 aliphatic rings. The summed E-state index contributed by atoms with van der Waals surface area (Å²) >= 11 is 6.07. The Morgan fingerprint density at radius 2 is 2.08 bits per heavy atom. The van der Waals surface area contributed by atoms with E-state index in [1.54, 1.807) is 18.2 Å². The van der Waals surface area contributed by atoms with Crippen molar-refractivity contribution in [2.75, 3.05) is 14.2 Å². The number of methoxy groups -OCH3 is 2. The van der Waals surface area contributed by atoms with Crippen molar-refractivity contribution < 1.29 is 18.7 Å². The first-order valence-electron chi connectivity index (χ1n) is 7.32. The van der Waals surface area contributed by atoms with E-state index in [4.69, 9.17) is 26.3 Å². The standard InChI is InChI=1S/C18H16ClFN2O3/c1-24-13-5-6-14(16(20)8-13)17(25-2)18(23)22-10-12-4-3-11(9-21)7-15(12)19/h3-8,17H,10H2,1-2H3,(H,22,23)/t17-/m0/s1. The molecule has 2 aromatic carbocycles. The number of carbonyl (C=O) groups excluding carboxylic acids is 1. The van der Waals surface area contributed by atoms with E-state index in [2.05, 4.69) is 5.32 Å². The molecule has 0 spiro atoms. The molecule has 0 aliphatic carbocycles. The molecule has 1 amide bonds. The third-order valence-corrected chi connectivity index (χ3v) is 3.95. The SMILES string of the molecule is COc1ccc([C@H](OC)C(=O)NCc2ccc(C#N)cc2Cl)c(F)c1. The van der Waals surface area contributed by atoms with Gasteiger partial charge in [0.05, 0.1) is 18.7 Å². The Bertz CT molecular complexity index is 820. The van der Waals surface area contributed by atoms with Crippen LogP contribution < -0.4 is 10.1 Å². The Balaban J connectivity index is 2.12. The lowest BCUT2D eigenvalue weighted by molar-refractivity contribution is -0.131. The molecule has 1 atom stereocenters. The Labute approximate surface area is 149 Å². The third kappa shape index (κ3) is 4.47. The summed E-state index contributed by atoms with van der Waals surface area (Å²) in [6.45, 7) is 0.126. The van der Waals surface area contributed by atoms with Gasteiger partial charge in [-0.2, -0.15) is 5.26 Å². The zero-order valence-corrected chi connectivity index (χ0v) is 14.4. The maximum Gasteiger partial charge on any atom is 0.254 e. The van der Waals surface area contributed by atoms with Gasteiger partial charge in [0.25, 0.3) is 5.91 Å². The highest BCUT2D eigenvalue weighted by atomic mass is 35.5. The van der Waals surface area contributed by atoms with Gasteiger partial charge in [0, 0.05) is 30.3 Å². The van der Waals surface area contributed by atoms with Gasteiger partial charge in [-0.3, -0.25) is 4.79 Å². The summed E-state index contributed by atoms with van der Waals surface area (Å²) in [4.78, 5) is 12.4. The van der Waals surface area contributed by atoms with E-state index in [0.717, 1.165) is 0 Å². The van der Waals surface area contributed by atoms with Crippen LogP contribution in [-0.4, -0.2) is 20.1 Å². The van der Waals surface area contributed by atoms with Crippen molar-refractivity contribution >= 4 is 17.5 Å². The molecule has 0 aromatic heterocycles. The molecule has 2 rings (SSSR count). The maximum atomic E-state index is 14.2. The second-order valence-electron chi connectivity index (χ2n) is 5.14. The lowest BCUT2D eigenvalue weighted by atomic mass is 10.1. The largest absolute Gasteiger partial charge is 0.497 e. The van der Waals surface area contributed by atoms with Crippen molar-refractivity contribution in [1.82, 2.24) is 5.32 Å². The van der Waals surface area contributed by atoms with Crippen LogP contribution in [0.15, 0.2) is 36.4 Å². The summed E-state index contributed by atoms with van der Waals surface area (Å²) in [6.07, 6.45) is -1.11. The predicted molar refractivity (Wildman–Crippen MR) is 90.7 cm³/mol. The predicted octanol–water partition coefficient (Wildman–Crippen LogP) is 3.36. The lowest BCUT2D eigenvalue weighted by Gasteiger charge is -2.17. The van der Waals surface area contributed by atoms with Gasteiger partial charge in [-0.1, -0.05) is 17.7 Å². The highest BCUT2D eigenvalue weighted by Crippen LogP contribution is 2.25. The van der Waals surface area contributed by atoms with E-state index < -0.39 is 17.8 Å². The second-order valence-corrected chi connectivity index (χ2v) is 5.55. The Morgan fingerprint density at radius 3 is 2.64 bits per heavy atom. The molecule has 2 aromatic rings. The van der Waals surface area contributed by atoms with Crippen molar-refractivity contribution in [2.45, 2.75) is 12.6 Å². The molecule has 0 unspecified atom stereocenters. The number of nitriles is 1. The van der Waals surface area contributed by atoms with Crippen LogP contribution in [0.1, 0.15) is 22.8 Å². The van der Waals surface area contributed by atoms with E-state index >= 15 is 0 Å². The van der Waals surface area contributed by atoms with E-state index in [1.807, 2.05) is 6.07 Å². The van der Waals surface area contributed by atoms with Crippen molar-refractivity contribution in [2.24, 2.45) is 0 Å². The lowest BCUT2D eigenvalue weighted by Crippen LogP contribution is -2.30. The number of nitrogens with one attached hydrogen (secondary N) is 1. The average molecular weight is 363 g/mol. The van der Waals surface area contributed by atoms with Gasteiger partial charge >= 0.3 is 0 Å². The molecule has 25 heavy (non-hydrogen) atoms. The third-order valence-electron chi connectivity index (χ3n) is 3.60. The van der Waals surface area contributed by atoms with Crippen molar-refractivity contribution in [3.63, 3.8) is 0 Å². The maximum absolute atomic E-state index is 14.2. The first kappa shape index (κ1) is 18.7. The van der Waals surface area contributed by atoms with Crippen molar-refractivity contribution in [1.29, 1.82) is 5.26 Å².